The van der Waals surface area contributed by atoms with Crippen LogP contribution in [0.5, 0.6) is 0 Å². The predicted molar refractivity (Wildman–Crippen MR) is 91.4 cm³/mol. The fourth-order valence-electron chi connectivity index (χ4n) is 3.79. The molecule has 23 heavy (non-hydrogen) atoms. The van der Waals surface area contributed by atoms with Crippen LogP contribution in [0.3, 0.4) is 0 Å². The van der Waals surface area contributed by atoms with Crippen LogP contribution < -0.4 is 5.32 Å². The van der Waals surface area contributed by atoms with E-state index in [-0.39, 0.29) is 12.0 Å². The van der Waals surface area contributed by atoms with E-state index in [2.05, 4.69) is 35.3 Å². The maximum Gasteiger partial charge on any atom is 0.225 e. The number of nitrogens with zero attached hydrogens (tertiary/aromatic N) is 1. The molecule has 0 radical (unpaired) electrons. The molecule has 0 saturated carbocycles. The van der Waals surface area contributed by atoms with Crippen LogP contribution in [0.1, 0.15) is 49.8 Å². The van der Waals surface area contributed by atoms with Gasteiger partial charge in [0.15, 0.2) is 0 Å². The predicted octanol–water partition coefficient (Wildman–Crippen LogP) is 2.68. The maximum atomic E-state index is 12.9. The zero-order valence-corrected chi connectivity index (χ0v) is 14.1. The summed E-state index contributed by atoms with van der Waals surface area (Å²) in [4.78, 5) is 15.0. The zero-order chi connectivity index (χ0) is 16.1. The summed E-state index contributed by atoms with van der Waals surface area (Å²) in [5.74, 6) is 0.250. The number of benzene rings is 1. The number of fused-ring (bicyclic) bond motifs is 1. The first-order valence-electron chi connectivity index (χ1n) is 8.99. The van der Waals surface area contributed by atoms with Gasteiger partial charge in [-0.1, -0.05) is 31.2 Å². The summed E-state index contributed by atoms with van der Waals surface area (Å²) in [5, 5.41) is 3.38. The van der Waals surface area contributed by atoms with Gasteiger partial charge in [-0.2, -0.15) is 0 Å². The standard InChI is InChI=1S/C19H28N2O2/c1-2-12-21(16-7-10-20-11-8-16)19(22)14-18-17-6-4-3-5-15(17)9-13-23-18/h3-6,16,18,20H,2,7-14H2,1H3. The molecule has 2 aliphatic heterocycles. The number of hydrogen-bond acceptors (Lipinski definition) is 3. The highest BCUT2D eigenvalue weighted by Crippen LogP contribution is 2.30. The summed E-state index contributed by atoms with van der Waals surface area (Å²) in [6, 6.07) is 8.78. The molecule has 1 fully saturated rings. The van der Waals surface area contributed by atoms with Crippen molar-refractivity contribution >= 4 is 5.91 Å². The lowest BCUT2D eigenvalue weighted by Gasteiger charge is -2.36. The number of carbonyl (C=O) groups excluding carboxylic acids is 1. The lowest BCUT2D eigenvalue weighted by molar-refractivity contribution is -0.137. The highest BCUT2D eigenvalue weighted by atomic mass is 16.5. The van der Waals surface area contributed by atoms with Crippen LogP contribution in [0.15, 0.2) is 24.3 Å². The SMILES string of the molecule is CCCN(C(=O)CC1OCCc2ccccc21)C1CCNCC1. The Labute approximate surface area is 139 Å². The third-order valence-electron chi connectivity index (χ3n) is 4.99. The third-order valence-corrected chi connectivity index (χ3v) is 4.99. The van der Waals surface area contributed by atoms with Gasteiger partial charge in [0.05, 0.1) is 19.1 Å². The fourth-order valence-corrected chi connectivity index (χ4v) is 3.79. The van der Waals surface area contributed by atoms with E-state index in [1.54, 1.807) is 0 Å². The van der Waals surface area contributed by atoms with E-state index >= 15 is 0 Å². The van der Waals surface area contributed by atoms with E-state index in [0.717, 1.165) is 51.9 Å². The van der Waals surface area contributed by atoms with Gasteiger partial charge < -0.3 is 15.0 Å². The van der Waals surface area contributed by atoms with Crippen molar-refractivity contribution in [3.63, 3.8) is 0 Å². The Morgan fingerprint density at radius 3 is 2.87 bits per heavy atom. The molecule has 2 aliphatic rings. The summed E-state index contributed by atoms with van der Waals surface area (Å²) >= 11 is 0. The molecule has 1 N–H and O–H groups in total. The van der Waals surface area contributed by atoms with Crippen LogP contribution in [0.2, 0.25) is 0 Å². The Bertz CT molecular complexity index is 526. The van der Waals surface area contributed by atoms with Crippen LogP contribution in [0, 0.1) is 0 Å². The molecule has 4 heteroatoms. The van der Waals surface area contributed by atoms with Gasteiger partial charge in [-0.15, -0.1) is 0 Å². The molecule has 0 spiro atoms. The molecular weight excluding hydrogens is 288 g/mol. The van der Waals surface area contributed by atoms with Gasteiger partial charge >= 0.3 is 0 Å². The van der Waals surface area contributed by atoms with E-state index in [9.17, 15) is 4.79 Å². The summed E-state index contributed by atoms with van der Waals surface area (Å²) in [5.41, 5.74) is 2.54. The smallest absolute Gasteiger partial charge is 0.225 e. The second-order valence-electron chi connectivity index (χ2n) is 6.58. The minimum Gasteiger partial charge on any atom is -0.373 e. The van der Waals surface area contributed by atoms with Gasteiger partial charge in [-0.05, 0) is 49.9 Å². The van der Waals surface area contributed by atoms with Crippen molar-refractivity contribution in [1.82, 2.24) is 10.2 Å². The van der Waals surface area contributed by atoms with Gasteiger partial charge in [-0.25, -0.2) is 0 Å². The Kier molecular flexibility index (Phi) is 5.68. The summed E-state index contributed by atoms with van der Waals surface area (Å²) in [6.45, 7) is 5.75. The summed E-state index contributed by atoms with van der Waals surface area (Å²) in [7, 11) is 0. The number of piperidine rings is 1. The lowest BCUT2D eigenvalue weighted by Crippen LogP contribution is -2.47. The second-order valence-corrected chi connectivity index (χ2v) is 6.58. The van der Waals surface area contributed by atoms with Gasteiger partial charge in [-0.3, -0.25) is 4.79 Å². The Morgan fingerprint density at radius 2 is 2.09 bits per heavy atom. The van der Waals surface area contributed by atoms with Gasteiger partial charge in [0, 0.05) is 12.6 Å². The minimum absolute atomic E-state index is 0.0754. The molecule has 1 amide bonds. The molecule has 1 atom stereocenters. The molecule has 4 nitrogen and oxygen atoms in total. The van der Waals surface area contributed by atoms with Crippen molar-refractivity contribution in [2.75, 3.05) is 26.2 Å². The highest BCUT2D eigenvalue weighted by Gasteiger charge is 2.29. The first-order chi connectivity index (χ1) is 11.3. The first kappa shape index (κ1) is 16.5. The highest BCUT2D eigenvalue weighted by molar-refractivity contribution is 5.77. The van der Waals surface area contributed by atoms with Crippen molar-refractivity contribution in [3.05, 3.63) is 35.4 Å². The van der Waals surface area contributed by atoms with Crippen molar-refractivity contribution in [2.45, 2.75) is 51.2 Å². The topological polar surface area (TPSA) is 41.6 Å². The molecule has 2 heterocycles. The zero-order valence-electron chi connectivity index (χ0n) is 14.1. The van der Waals surface area contributed by atoms with Crippen molar-refractivity contribution in [1.29, 1.82) is 0 Å². The molecule has 1 saturated heterocycles. The number of hydrogen-bond donors (Lipinski definition) is 1. The van der Waals surface area contributed by atoms with Crippen LogP contribution in [0.4, 0.5) is 0 Å². The molecule has 0 aromatic heterocycles. The largest absolute Gasteiger partial charge is 0.373 e. The quantitative estimate of drug-likeness (QED) is 0.908. The molecule has 1 aromatic rings. The fraction of sp³-hybridized carbons (Fsp3) is 0.632. The van der Waals surface area contributed by atoms with Crippen LogP contribution in [-0.4, -0.2) is 43.1 Å². The Hall–Kier alpha value is -1.39. The van der Waals surface area contributed by atoms with Crippen molar-refractivity contribution < 1.29 is 9.53 Å². The van der Waals surface area contributed by atoms with Crippen molar-refractivity contribution in [3.8, 4) is 0 Å². The van der Waals surface area contributed by atoms with Gasteiger partial charge in [0.25, 0.3) is 0 Å². The van der Waals surface area contributed by atoms with Crippen LogP contribution in [-0.2, 0) is 16.0 Å². The Balaban J connectivity index is 1.69. The average Bonchev–Trinajstić information content (AvgIpc) is 2.60. The molecule has 0 aliphatic carbocycles. The monoisotopic (exact) mass is 316 g/mol. The number of carbonyl (C=O) groups is 1. The lowest BCUT2D eigenvalue weighted by atomic mass is 9.95. The van der Waals surface area contributed by atoms with E-state index in [1.807, 2.05) is 6.07 Å². The summed E-state index contributed by atoms with van der Waals surface area (Å²) in [6.07, 6.45) is 4.49. The maximum absolute atomic E-state index is 12.9. The normalized spacial score (nSPS) is 21.7. The van der Waals surface area contributed by atoms with Crippen molar-refractivity contribution in [2.24, 2.45) is 0 Å². The third kappa shape index (κ3) is 3.93. The molecule has 126 valence electrons. The molecule has 3 rings (SSSR count). The van der Waals surface area contributed by atoms with E-state index in [0.29, 0.717) is 12.5 Å². The van der Waals surface area contributed by atoms with Gasteiger partial charge in [0.2, 0.25) is 5.91 Å². The first-order valence-corrected chi connectivity index (χ1v) is 8.99. The van der Waals surface area contributed by atoms with E-state index in [1.165, 1.54) is 11.1 Å². The minimum atomic E-state index is -0.0754. The van der Waals surface area contributed by atoms with Gasteiger partial charge in [0.1, 0.15) is 0 Å². The summed E-state index contributed by atoms with van der Waals surface area (Å²) < 4.78 is 5.93. The molecular formula is C19H28N2O2. The molecule has 0 bridgehead atoms. The Morgan fingerprint density at radius 1 is 1.30 bits per heavy atom. The average molecular weight is 316 g/mol. The van der Waals surface area contributed by atoms with Crippen LogP contribution >= 0.6 is 0 Å². The van der Waals surface area contributed by atoms with E-state index in [4.69, 9.17) is 4.74 Å². The second kappa shape index (κ2) is 7.93. The number of ether oxygens (including phenoxy) is 1. The number of rotatable bonds is 5. The van der Waals surface area contributed by atoms with E-state index < -0.39 is 0 Å². The number of nitrogens with one attached hydrogen (secondary N) is 1. The number of amides is 1. The molecule has 1 aromatic carbocycles. The van der Waals surface area contributed by atoms with Crippen LogP contribution in [0.25, 0.3) is 0 Å². The molecule has 1 unspecified atom stereocenters.